The van der Waals surface area contributed by atoms with Gasteiger partial charge in [0.05, 0.1) is 34.3 Å². The second-order valence-corrected chi connectivity index (χ2v) is 5.50. The monoisotopic (exact) mass is 331 g/mol. The van der Waals surface area contributed by atoms with Crippen LogP contribution in [-0.2, 0) is 0 Å². The lowest BCUT2D eigenvalue weighted by atomic mass is 10.1. The van der Waals surface area contributed by atoms with Crippen molar-refractivity contribution < 1.29 is 4.39 Å². The summed E-state index contributed by atoms with van der Waals surface area (Å²) in [6.45, 7) is 0. The zero-order chi connectivity index (χ0) is 16.8. The molecule has 5 aromatic heterocycles. The van der Waals surface area contributed by atoms with E-state index in [0.29, 0.717) is 28.0 Å². The van der Waals surface area contributed by atoms with Crippen molar-refractivity contribution in [3.63, 3.8) is 0 Å². The Morgan fingerprint density at radius 3 is 2.68 bits per heavy atom. The number of pyridine rings is 3. The van der Waals surface area contributed by atoms with Crippen LogP contribution in [0.3, 0.4) is 0 Å². The molecule has 8 heteroatoms. The lowest BCUT2D eigenvalue weighted by molar-refractivity contribution is 0.638. The van der Waals surface area contributed by atoms with Crippen LogP contribution in [0.5, 0.6) is 0 Å². The Balaban J connectivity index is 1.77. The van der Waals surface area contributed by atoms with Gasteiger partial charge in [0.25, 0.3) is 0 Å². The second kappa shape index (κ2) is 5.17. The number of hydrogen-bond acceptors (Lipinski definition) is 5. The molecule has 0 aliphatic heterocycles. The van der Waals surface area contributed by atoms with Crippen molar-refractivity contribution in [2.45, 2.75) is 0 Å². The Bertz CT molecular complexity index is 1180. The van der Waals surface area contributed by atoms with Crippen LogP contribution < -0.4 is 0 Å². The SMILES string of the molecule is Fc1c(-c2cccnc2)ncc2[nH]nc(-c3nc4ccncc4[nH]3)c12. The van der Waals surface area contributed by atoms with Crippen molar-refractivity contribution in [1.29, 1.82) is 0 Å². The Morgan fingerprint density at radius 1 is 0.920 bits per heavy atom. The molecule has 0 fully saturated rings. The van der Waals surface area contributed by atoms with Gasteiger partial charge in [0.15, 0.2) is 11.6 Å². The molecular weight excluding hydrogens is 321 g/mol. The highest BCUT2D eigenvalue weighted by Crippen LogP contribution is 2.31. The Hall–Kier alpha value is -3.68. The molecule has 0 aromatic carbocycles. The average molecular weight is 331 g/mol. The molecule has 0 aliphatic rings. The number of aromatic amines is 2. The normalized spacial score (nSPS) is 11.4. The van der Waals surface area contributed by atoms with Crippen molar-refractivity contribution in [2.75, 3.05) is 0 Å². The van der Waals surface area contributed by atoms with Gasteiger partial charge in [-0.3, -0.25) is 20.1 Å². The van der Waals surface area contributed by atoms with Crippen molar-refractivity contribution in [2.24, 2.45) is 0 Å². The molecule has 0 unspecified atom stereocenters. The lowest BCUT2D eigenvalue weighted by Crippen LogP contribution is -1.92. The van der Waals surface area contributed by atoms with Crippen molar-refractivity contribution in [1.82, 2.24) is 35.1 Å². The largest absolute Gasteiger partial charge is 0.335 e. The number of nitrogens with one attached hydrogen (secondary N) is 2. The van der Waals surface area contributed by atoms with Gasteiger partial charge in [-0.2, -0.15) is 5.10 Å². The molecule has 0 amide bonds. The van der Waals surface area contributed by atoms with Gasteiger partial charge in [-0.15, -0.1) is 0 Å². The lowest BCUT2D eigenvalue weighted by Gasteiger charge is -2.03. The van der Waals surface area contributed by atoms with E-state index in [1.54, 1.807) is 49.2 Å². The first-order valence-corrected chi connectivity index (χ1v) is 7.54. The molecule has 0 radical (unpaired) electrons. The minimum atomic E-state index is -0.465. The first-order chi connectivity index (χ1) is 12.3. The molecule has 0 saturated carbocycles. The van der Waals surface area contributed by atoms with Gasteiger partial charge in [-0.1, -0.05) is 0 Å². The van der Waals surface area contributed by atoms with Gasteiger partial charge >= 0.3 is 0 Å². The summed E-state index contributed by atoms with van der Waals surface area (Å²) >= 11 is 0. The van der Waals surface area contributed by atoms with E-state index >= 15 is 4.39 Å². The number of imidazole rings is 1. The average Bonchev–Trinajstić information content (AvgIpc) is 3.27. The highest BCUT2D eigenvalue weighted by molar-refractivity contribution is 5.95. The third kappa shape index (κ3) is 2.08. The predicted molar refractivity (Wildman–Crippen MR) is 90.0 cm³/mol. The molecule has 2 N–H and O–H groups in total. The number of hydrogen-bond donors (Lipinski definition) is 2. The van der Waals surface area contributed by atoms with E-state index in [1.165, 1.54) is 0 Å². The number of aromatic nitrogens is 7. The highest BCUT2D eigenvalue weighted by Gasteiger charge is 2.20. The van der Waals surface area contributed by atoms with Crippen LogP contribution in [0.1, 0.15) is 0 Å². The summed E-state index contributed by atoms with van der Waals surface area (Å²) in [5.41, 5.74) is 3.22. The van der Waals surface area contributed by atoms with Gasteiger partial charge in [-0.25, -0.2) is 9.37 Å². The molecule has 120 valence electrons. The molecule has 5 heterocycles. The van der Waals surface area contributed by atoms with Crippen molar-refractivity contribution in [3.05, 3.63) is 55.0 Å². The number of nitrogens with zero attached hydrogens (tertiary/aromatic N) is 5. The third-order valence-electron chi connectivity index (χ3n) is 3.99. The zero-order valence-electron chi connectivity index (χ0n) is 12.7. The number of fused-ring (bicyclic) bond motifs is 2. The van der Waals surface area contributed by atoms with E-state index < -0.39 is 5.82 Å². The molecule has 0 aliphatic carbocycles. The quantitative estimate of drug-likeness (QED) is 0.518. The number of rotatable bonds is 2. The van der Waals surface area contributed by atoms with Gasteiger partial charge in [-0.05, 0) is 18.2 Å². The van der Waals surface area contributed by atoms with E-state index in [0.717, 1.165) is 11.0 Å². The minimum absolute atomic E-state index is 0.223. The van der Waals surface area contributed by atoms with E-state index in [2.05, 4.69) is 35.1 Å². The predicted octanol–water partition coefficient (Wildman–Crippen LogP) is 3.10. The van der Waals surface area contributed by atoms with Crippen LogP contribution in [-0.4, -0.2) is 35.1 Å². The molecule has 5 aromatic rings. The van der Waals surface area contributed by atoms with Crippen LogP contribution in [0.4, 0.5) is 4.39 Å². The Labute approximate surface area is 140 Å². The molecule has 0 spiro atoms. The van der Waals surface area contributed by atoms with Crippen molar-refractivity contribution >= 4 is 21.9 Å². The maximum Gasteiger partial charge on any atom is 0.161 e. The van der Waals surface area contributed by atoms with E-state index in [-0.39, 0.29) is 5.69 Å². The summed E-state index contributed by atoms with van der Waals surface area (Å²) in [4.78, 5) is 19.9. The first kappa shape index (κ1) is 13.7. The smallest absolute Gasteiger partial charge is 0.161 e. The summed E-state index contributed by atoms with van der Waals surface area (Å²) in [5, 5.41) is 7.36. The summed E-state index contributed by atoms with van der Waals surface area (Å²) < 4.78 is 15.2. The summed E-state index contributed by atoms with van der Waals surface area (Å²) in [6.07, 6.45) is 8.08. The van der Waals surface area contributed by atoms with Crippen LogP contribution >= 0.6 is 0 Å². The molecule has 0 atom stereocenters. The maximum absolute atomic E-state index is 15.2. The molecule has 5 rings (SSSR count). The molecule has 25 heavy (non-hydrogen) atoms. The topological polar surface area (TPSA) is 96.0 Å². The summed E-state index contributed by atoms with van der Waals surface area (Å²) in [6, 6.07) is 5.28. The standard InChI is InChI=1S/C17H10FN7/c18-14-13-12(8-21-15(14)9-2-1-4-19-6-9)24-25-16(13)17-22-10-3-5-20-7-11(10)23-17/h1-8H,(H,22,23)(H,24,25). The zero-order valence-corrected chi connectivity index (χ0v) is 12.7. The highest BCUT2D eigenvalue weighted by atomic mass is 19.1. The first-order valence-electron chi connectivity index (χ1n) is 7.54. The van der Waals surface area contributed by atoms with Crippen molar-refractivity contribution in [3.8, 4) is 22.8 Å². The van der Waals surface area contributed by atoms with Crippen LogP contribution in [0.2, 0.25) is 0 Å². The maximum atomic E-state index is 15.2. The fourth-order valence-electron chi connectivity index (χ4n) is 2.82. The van der Waals surface area contributed by atoms with E-state index in [9.17, 15) is 0 Å². The molecule has 7 nitrogen and oxygen atoms in total. The summed E-state index contributed by atoms with van der Waals surface area (Å²) in [7, 11) is 0. The van der Waals surface area contributed by atoms with E-state index in [4.69, 9.17) is 0 Å². The van der Waals surface area contributed by atoms with Gasteiger partial charge in [0.2, 0.25) is 0 Å². The van der Waals surface area contributed by atoms with Gasteiger partial charge < -0.3 is 4.98 Å². The Morgan fingerprint density at radius 2 is 1.84 bits per heavy atom. The van der Waals surface area contributed by atoms with Crippen LogP contribution in [0, 0.1) is 5.82 Å². The summed E-state index contributed by atoms with van der Waals surface area (Å²) in [5.74, 6) is 0.00400. The Kier molecular flexibility index (Phi) is 2.84. The van der Waals surface area contributed by atoms with Gasteiger partial charge in [0.1, 0.15) is 11.4 Å². The third-order valence-corrected chi connectivity index (χ3v) is 3.99. The number of H-pyrrole nitrogens is 2. The minimum Gasteiger partial charge on any atom is -0.335 e. The molecule has 0 saturated heterocycles. The second-order valence-electron chi connectivity index (χ2n) is 5.50. The van der Waals surface area contributed by atoms with Crippen LogP contribution in [0.15, 0.2) is 49.2 Å². The number of halogens is 1. The van der Waals surface area contributed by atoms with Crippen LogP contribution in [0.25, 0.3) is 44.7 Å². The fraction of sp³-hybridized carbons (Fsp3) is 0. The van der Waals surface area contributed by atoms with Gasteiger partial charge in [0, 0.05) is 24.2 Å². The van der Waals surface area contributed by atoms with E-state index in [1.807, 2.05) is 0 Å². The fourth-order valence-corrected chi connectivity index (χ4v) is 2.82. The molecule has 0 bridgehead atoms. The molecular formula is C17H10FN7.